The predicted molar refractivity (Wildman–Crippen MR) is 102 cm³/mol. The van der Waals surface area contributed by atoms with Crippen molar-refractivity contribution in [3.05, 3.63) is 58.4 Å². The van der Waals surface area contributed by atoms with E-state index in [1.807, 2.05) is 30.3 Å². The molecular weight excluding hydrogens is 360 g/mol. The number of carbonyl (C=O) groups excluding carboxylic acids is 1. The molecule has 1 aliphatic carbocycles. The largest absolute Gasteiger partial charge is 0.309 e. The van der Waals surface area contributed by atoms with Crippen molar-refractivity contribution in [3.8, 4) is 0 Å². The van der Waals surface area contributed by atoms with Crippen molar-refractivity contribution < 1.29 is 4.79 Å². The number of pyridine rings is 1. The molecule has 0 saturated heterocycles. The van der Waals surface area contributed by atoms with Gasteiger partial charge in [0, 0.05) is 17.8 Å². The first kappa shape index (κ1) is 17.7. The van der Waals surface area contributed by atoms with Crippen molar-refractivity contribution >= 4 is 23.1 Å². The third kappa shape index (κ3) is 4.71. The molecule has 1 amide bonds. The molecule has 27 heavy (non-hydrogen) atoms. The number of hydrogen-bond donors (Lipinski definition) is 1. The summed E-state index contributed by atoms with van der Waals surface area (Å²) >= 11 is 1.64. The minimum Gasteiger partial charge on any atom is -0.309 e. The van der Waals surface area contributed by atoms with Gasteiger partial charge in [0.1, 0.15) is 10.5 Å². The second kappa shape index (κ2) is 8.30. The highest BCUT2D eigenvalue weighted by Crippen LogP contribution is 2.39. The molecule has 3 heterocycles. The van der Waals surface area contributed by atoms with Crippen LogP contribution in [0, 0.1) is 5.92 Å². The summed E-state index contributed by atoms with van der Waals surface area (Å²) in [5, 5.41) is 20.5. The maximum Gasteiger partial charge on any atom is 0.231 e. The first-order valence-corrected chi connectivity index (χ1v) is 9.92. The summed E-state index contributed by atoms with van der Waals surface area (Å²) in [6.45, 7) is 0. The normalized spacial score (nSPS) is 19.1. The van der Waals surface area contributed by atoms with Crippen molar-refractivity contribution in [1.82, 2.24) is 25.4 Å². The number of carbonyl (C=O) groups is 1. The van der Waals surface area contributed by atoms with E-state index in [4.69, 9.17) is 0 Å². The van der Waals surface area contributed by atoms with E-state index >= 15 is 0 Å². The van der Waals surface area contributed by atoms with Gasteiger partial charge in [-0.2, -0.15) is 5.10 Å². The second-order valence-corrected chi connectivity index (χ2v) is 7.68. The molecule has 0 radical (unpaired) electrons. The fourth-order valence-electron chi connectivity index (χ4n) is 3.53. The lowest BCUT2D eigenvalue weighted by molar-refractivity contribution is -0.115. The quantitative estimate of drug-likeness (QED) is 0.706. The van der Waals surface area contributed by atoms with Crippen LogP contribution in [-0.4, -0.2) is 31.3 Å². The third-order valence-electron chi connectivity index (χ3n) is 4.82. The molecule has 2 atom stereocenters. The van der Waals surface area contributed by atoms with Gasteiger partial charge in [-0.25, -0.2) is 0 Å². The maximum atomic E-state index is 12.1. The maximum absolute atomic E-state index is 12.1. The first-order chi connectivity index (χ1) is 13.3. The smallest absolute Gasteiger partial charge is 0.231 e. The van der Waals surface area contributed by atoms with E-state index in [0.29, 0.717) is 17.7 Å². The van der Waals surface area contributed by atoms with Crippen LogP contribution in [0.25, 0.3) is 0 Å². The van der Waals surface area contributed by atoms with E-state index in [9.17, 15) is 4.79 Å². The Balaban J connectivity index is 1.28. The van der Waals surface area contributed by atoms with Crippen LogP contribution in [0.1, 0.15) is 41.6 Å². The fraction of sp³-hybridized carbons (Fsp3) is 0.368. The Morgan fingerprint density at radius 3 is 2.81 bits per heavy atom. The van der Waals surface area contributed by atoms with Crippen molar-refractivity contribution in [3.63, 3.8) is 0 Å². The molecule has 1 fully saturated rings. The Morgan fingerprint density at radius 1 is 1.11 bits per heavy atom. The Morgan fingerprint density at radius 2 is 2.07 bits per heavy atom. The predicted octanol–water partition coefficient (Wildman–Crippen LogP) is 3.03. The Bertz CT molecular complexity index is 869. The van der Waals surface area contributed by atoms with Gasteiger partial charge in [0.05, 0.1) is 12.1 Å². The van der Waals surface area contributed by atoms with Gasteiger partial charge >= 0.3 is 0 Å². The number of hydrogen-bond acceptors (Lipinski definition) is 7. The second-order valence-electron chi connectivity index (χ2n) is 6.81. The summed E-state index contributed by atoms with van der Waals surface area (Å²) in [6, 6.07) is 9.28. The molecule has 0 spiro atoms. The molecule has 1 aliphatic rings. The summed E-state index contributed by atoms with van der Waals surface area (Å²) < 4.78 is 0. The van der Waals surface area contributed by atoms with Crippen LogP contribution >= 0.6 is 11.3 Å². The number of anilines is 1. The zero-order valence-electron chi connectivity index (χ0n) is 14.8. The molecule has 0 aromatic carbocycles. The van der Waals surface area contributed by atoms with Gasteiger partial charge in [-0.1, -0.05) is 6.07 Å². The molecule has 0 bridgehead atoms. The lowest BCUT2D eigenvalue weighted by Gasteiger charge is -2.09. The van der Waals surface area contributed by atoms with Crippen LogP contribution in [0.4, 0.5) is 5.82 Å². The van der Waals surface area contributed by atoms with Crippen LogP contribution in [-0.2, 0) is 17.6 Å². The molecule has 2 unspecified atom stereocenters. The number of nitrogens with zero attached hydrogens (tertiary/aromatic N) is 5. The molecular formula is C19H20N6OS. The summed E-state index contributed by atoms with van der Waals surface area (Å²) in [5.74, 6) is 1.45. The van der Waals surface area contributed by atoms with Gasteiger partial charge in [-0.15, -0.1) is 26.6 Å². The van der Waals surface area contributed by atoms with Crippen LogP contribution in [0.3, 0.4) is 0 Å². The van der Waals surface area contributed by atoms with Gasteiger partial charge in [-0.3, -0.25) is 9.78 Å². The van der Waals surface area contributed by atoms with Gasteiger partial charge in [0.25, 0.3) is 0 Å². The van der Waals surface area contributed by atoms with Crippen molar-refractivity contribution in [2.75, 3.05) is 5.32 Å². The molecule has 7 nitrogen and oxygen atoms in total. The summed E-state index contributed by atoms with van der Waals surface area (Å²) in [4.78, 5) is 16.2. The van der Waals surface area contributed by atoms with E-state index in [1.54, 1.807) is 23.0 Å². The molecule has 4 rings (SSSR count). The Kier molecular flexibility index (Phi) is 5.43. The zero-order chi connectivity index (χ0) is 18.5. The minimum atomic E-state index is -0.147. The van der Waals surface area contributed by atoms with Crippen molar-refractivity contribution in [2.24, 2.45) is 5.92 Å². The van der Waals surface area contributed by atoms with Gasteiger partial charge in [0.15, 0.2) is 5.82 Å². The summed E-state index contributed by atoms with van der Waals surface area (Å²) in [6.07, 6.45) is 6.27. The Labute approximate surface area is 161 Å². The van der Waals surface area contributed by atoms with E-state index in [-0.39, 0.29) is 12.3 Å². The minimum absolute atomic E-state index is 0.147. The molecule has 8 heteroatoms. The van der Waals surface area contributed by atoms with Gasteiger partial charge in [-0.05, 0) is 55.9 Å². The fourth-order valence-corrected chi connectivity index (χ4v) is 4.23. The highest BCUT2D eigenvalue weighted by atomic mass is 32.1. The molecule has 0 aliphatic heterocycles. The topological polar surface area (TPSA) is 93.6 Å². The molecule has 138 valence electrons. The molecule has 1 saturated carbocycles. The average Bonchev–Trinajstić information content (AvgIpc) is 3.36. The molecule has 3 aromatic heterocycles. The summed E-state index contributed by atoms with van der Waals surface area (Å²) in [5.41, 5.74) is 3.49. The lowest BCUT2D eigenvalue weighted by Crippen LogP contribution is -2.16. The van der Waals surface area contributed by atoms with Gasteiger partial charge in [0.2, 0.25) is 5.91 Å². The summed E-state index contributed by atoms with van der Waals surface area (Å²) in [7, 11) is 0. The Hall–Kier alpha value is -2.74. The molecule has 3 aromatic rings. The molecule has 1 N–H and O–H groups in total. The zero-order valence-corrected chi connectivity index (χ0v) is 15.6. The highest BCUT2D eigenvalue weighted by Gasteiger charge is 2.28. The van der Waals surface area contributed by atoms with Crippen LogP contribution in [0.2, 0.25) is 0 Å². The van der Waals surface area contributed by atoms with Crippen LogP contribution in [0.5, 0.6) is 0 Å². The third-order valence-corrected chi connectivity index (χ3v) is 5.68. The lowest BCUT2D eigenvalue weighted by atomic mass is 10.00. The van der Waals surface area contributed by atoms with E-state index in [1.165, 1.54) is 6.42 Å². The highest BCUT2D eigenvalue weighted by molar-refractivity contribution is 7.09. The monoisotopic (exact) mass is 380 g/mol. The number of rotatable bonds is 6. The van der Waals surface area contributed by atoms with Crippen LogP contribution in [0.15, 0.2) is 42.0 Å². The average molecular weight is 380 g/mol. The van der Waals surface area contributed by atoms with E-state index < -0.39 is 0 Å². The standard InChI is InChI=1S/C19H20N6OS/c26-18(11-15-3-1-2-8-20-15)22-17-7-6-16(23-24-17)10-13-4-5-14(9-13)19-25-21-12-27-19/h1-3,6-8,12-14H,4-5,9-11H2,(H,22,24,26). The van der Waals surface area contributed by atoms with Crippen LogP contribution < -0.4 is 5.32 Å². The van der Waals surface area contributed by atoms with E-state index in [0.717, 1.165) is 35.7 Å². The number of nitrogens with one attached hydrogen (secondary N) is 1. The SMILES string of the molecule is O=C(Cc1ccccn1)Nc1ccc(CC2CCC(c3nncs3)C2)nn1. The van der Waals surface area contributed by atoms with Gasteiger partial charge < -0.3 is 5.32 Å². The number of amides is 1. The first-order valence-electron chi connectivity index (χ1n) is 9.04. The van der Waals surface area contributed by atoms with Crippen molar-refractivity contribution in [2.45, 2.75) is 38.0 Å². The van der Waals surface area contributed by atoms with Crippen molar-refractivity contribution in [1.29, 1.82) is 0 Å². The number of aromatic nitrogens is 5. The van der Waals surface area contributed by atoms with E-state index in [2.05, 4.69) is 30.7 Å².